The third-order valence-electron chi connectivity index (χ3n) is 5.58. The van der Waals surface area contributed by atoms with Crippen LogP contribution < -0.4 is 16.0 Å². The summed E-state index contributed by atoms with van der Waals surface area (Å²) in [6.45, 7) is 6.42. The maximum atomic E-state index is 12.9. The molecule has 3 rings (SSSR count). The molecule has 9 heteroatoms. The fourth-order valence-corrected chi connectivity index (χ4v) is 4.09. The van der Waals surface area contributed by atoms with E-state index in [1.165, 1.54) is 12.1 Å². The molecule has 0 spiro atoms. The summed E-state index contributed by atoms with van der Waals surface area (Å²) in [5, 5.41) is 2.62. The van der Waals surface area contributed by atoms with Gasteiger partial charge in [-0.25, -0.2) is 4.79 Å². The van der Waals surface area contributed by atoms with Gasteiger partial charge in [0.2, 0.25) is 0 Å². The average Bonchev–Trinajstić information content (AvgIpc) is 2.68. The molecule has 0 bridgehead atoms. The van der Waals surface area contributed by atoms with Crippen LogP contribution in [0.2, 0.25) is 0 Å². The number of amides is 2. The highest BCUT2D eigenvalue weighted by Crippen LogP contribution is 2.32. The number of benzene rings is 1. The first kappa shape index (κ1) is 20.7. The minimum atomic E-state index is -4.31. The Morgan fingerprint density at radius 1 is 1.18 bits per heavy atom. The second-order valence-electron chi connectivity index (χ2n) is 7.46. The Morgan fingerprint density at radius 3 is 2.61 bits per heavy atom. The number of halogens is 3. The Hall–Kier alpha value is -2.00. The van der Waals surface area contributed by atoms with Crippen molar-refractivity contribution in [3.8, 4) is 0 Å². The van der Waals surface area contributed by atoms with Crippen molar-refractivity contribution in [2.45, 2.75) is 25.1 Å². The number of nitrogens with two attached hydrogens (primary N) is 1. The molecule has 1 aromatic rings. The predicted octanol–water partition coefficient (Wildman–Crippen LogP) is 1.96. The molecule has 2 saturated heterocycles. The molecular formula is C19H28F3N5O. The molecule has 156 valence electrons. The standard InChI is InChI=1S/C19H28F3N5O/c20-19(21,22)15-3-1-4-16(13-15)26-9-11-27(12-10-26)17-5-2-7-25(14-17)8-6-24-18(23)28/h1,3-4,13,17H,2,5-12,14H2,(H3,23,24,28)/t17-/m1/s1. The molecule has 0 aromatic heterocycles. The molecule has 6 nitrogen and oxygen atoms in total. The van der Waals surface area contributed by atoms with Gasteiger partial charge in [0, 0.05) is 57.5 Å². The summed E-state index contributed by atoms with van der Waals surface area (Å²) in [5.74, 6) is 0. The molecule has 0 radical (unpaired) electrons. The average molecular weight is 399 g/mol. The lowest BCUT2D eigenvalue weighted by atomic mass is 10.0. The Balaban J connectivity index is 1.50. The van der Waals surface area contributed by atoms with Crippen LogP contribution in [0.25, 0.3) is 0 Å². The highest BCUT2D eigenvalue weighted by atomic mass is 19.4. The molecule has 0 unspecified atom stereocenters. The third-order valence-corrected chi connectivity index (χ3v) is 5.58. The van der Waals surface area contributed by atoms with Crippen molar-refractivity contribution < 1.29 is 18.0 Å². The Bertz CT molecular complexity index is 661. The van der Waals surface area contributed by atoms with E-state index >= 15 is 0 Å². The highest BCUT2D eigenvalue weighted by molar-refractivity contribution is 5.71. The molecule has 2 aliphatic heterocycles. The van der Waals surface area contributed by atoms with Crippen molar-refractivity contribution in [1.82, 2.24) is 15.1 Å². The summed E-state index contributed by atoms with van der Waals surface area (Å²) in [4.78, 5) is 17.6. The molecule has 2 fully saturated rings. The number of carbonyl (C=O) groups is 1. The molecule has 1 atom stereocenters. The number of nitrogens with one attached hydrogen (secondary N) is 1. The minimum Gasteiger partial charge on any atom is -0.369 e. The van der Waals surface area contributed by atoms with Gasteiger partial charge in [-0.15, -0.1) is 0 Å². The summed E-state index contributed by atoms with van der Waals surface area (Å²) in [6, 6.07) is 5.53. The number of urea groups is 1. The lowest BCUT2D eigenvalue weighted by Crippen LogP contribution is -2.55. The topological polar surface area (TPSA) is 64.8 Å². The molecule has 2 aliphatic rings. The zero-order valence-corrected chi connectivity index (χ0v) is 15.9. The van der Waals surface area contributed by atoms with E-state index in [0.29, 0.717) is 18.3 Å². The van der Waals surface area contributed by atoms with Gasteiger partial charge in [0.25, 0.3) is 0 Å². The van der Waals surface area contributed by atoms with Gasteiger partial charge in [-0.3, -0.25) is 4.90 Å². The Labute approximate surface area is 163 Å². The van der Waals surface area contributed by atoms with E-state index in [9.17, 15) is 18.0 Å². The third kappa shape index (κ3) is 5.51. The zero-order valence-electron chi connectivity index (χ0n) is 15.9. The number of anilines is 1. The largest absolute Gasteiger partial charge is 0.416 e. The molecule has 0 aliphatic carbocycles. The van der Waals surface area contributed by atoms with Gasteiger partial charge in [-0.2, -0.15) is 13.2 Å². The number of alkyl halides is 3. The number of piperidine rings is 1. The Kier molecular flexibility index (Phi) is 6.66. The normalized spacial score (nSPS) is 22.2. The first-order chi connectivity index (χ1) is 13.3. The number of likely N-dealkylation sites (tertiary alicyclic amines) is 1. The maximum absolute atomic E-state index is 12.9. The number of nitrogens with zero attached hydrogens (tertiary/aromatic N) is 3. The first-order valence-electron chi connectivity index (χ1n) is 9.75. The van der Waals surface area contributed by atoms with E-state index in [4.69, 9.17) is 5.73 Å². The van der Waals surface area contributed by atoms with Crippen LogP contribution in [0.15, 0.2) is 24.3 Å². The summed E-state index contributed by atoms with van der Waals surface area (Å²) in [5.41, 5.74) is 5.14. The predicted molar refractivity (Wildman–Crippen MR) is 102 cm³/mol. The summed E-state index contributed by atoms with van der Waals surface area (Å²) in [7, 11) is 0. The van der Waals surface area contributed by atoms with Crippen LogP contribution in [-0.2, 0) is 6.18 Å². The van der Waals surface area contributed by atoms with E-state index in [0.717, 1.165) is 64.7 Å². The van der Waals surface area contributed by atoms with E-state index in [-0.39, 0.29) is 0 Å². The fourth-order valence-electron chi connectivity index (χ4n) is 4.09. The van der Waals surface area contributed by atoms with Crippen molar-refractivity contribution >= 4 is 11.7 Å². The monoisotopic (exact) mass is 399 g/mol. The van der Waals surface area contributed by atoms with Crippen molar-refractivity contribution in [2.75, 3.05) is 57.3 Å². The second-order valence-corrected chi connectivity index (χ2v) is 7.46. The fraction of sp³-hybridized carbons (Fsp3) is 0.632. The van der Waals surface area contributed by atoms with Crippen LogP contribution >= 0.6 is 0 Å². The second kappa shape index (κ2) is 9.00. The van der Waals surface area contributed by atoms with Gasteiger partial charge in [0.15, 0.2) is 0 Å². The van der Waals surface area contributed by atoms with Crippen molar-refractivity contribution in [1.29, 1.82) is 0 Å². The molecule has 2 heterocycles. The molecule has 0 saturated carbocycles. The molecule has 28 heavy (non-hydrogen) atoms. The molecule has 3 N–H and O–H groups in total. The number of piperazine rings is 1. The number of carbonyl (C=O) groups excluding carboxylic acids is 1. The number of rotatable bonds is 5. The summed E-state index contributed by atoms with van der Waals surface area (Å²) < 4.78 is 38.8. The van der Waals surface area contributed by atoms with Crippen LogP contribution in [0.5, 0.6) is 0 Å². The quantitative estimate of drug-likeness (QED) is 0.795. The summed E-state index contributed by atoms with van der Waals surface area (Å²) >= 11 is 0. The van der Waals surface area contributed by atoms with E-state index in [2.05, 4.69) is 15.1 Å². The highest BCUT2D eigenvalue weighted by Gasteiger charge is 2.32. The number of hydrogen-bond acceptors (Lipinski definition) is 4. The molecule has 1 aromatic carbocycles. The van der Waals surface area contributed by atoms with Crippen LogP contribution in [0.4, 0.5) is 23.7 Å². The first-order valence-corrected chi connectivity index (χ1v) is 9.75. The SMILES string of the molecule is NC(=O)NCCN1CCC[C@@H](N2CCN(c3cccc(C(F)(F)F)c3)CC2)C1. The smallest absolute Gasteiger partial charge is 0.369 e. The van der Waals surface area contributed by atoms with E-state index in [1.807, 2.05) is 4.90 Å². The van der Waals surface area contributed by atoms with Gasteiger partial charge in [0.05, 0.1) is 5.56 Å². The van der Waals surface area contributed by atoms with E-state index < -0.39 is 17.8 Å². The number of primary amides is 1. The van der Waals surface area contributed by atoms with Gasteiger partial charge >= 0.3 is 12.2 Å². The summed E-state index contributed by atoms with van der Waals surface area (Å²) in [6.07, 6.45) is -2.08. The van der Waals surface area contributed by atoms with Gasteiger partial charge in [0.1, 0.15) is 0 Å². The maximum Gasteiger partial charge on any atom is 0.416 e. The molecule has 2 amide bonds. The van der Waals surface area contributed by atoms with Crippen molar-refractivity contribution in [3.05, 3.63) is 29.8 Å². The molecular weight excluding hydrogens is 371 g/mol. The lowest BCUT2D eigenvalue weighted by molar-refractivity contribution is -0.137. The van der Waals surface area contributed by atoms with Gasteiger partial charge in [-0.05, 0) is 37.6 Å². The lowest BCUT2D eigenvalue weighted by Gasteiger charge is -2.44. The minimum absolute atomic E-state index is 0.450. The van der Waals surface area contributed by atoms with Gasteiger partial charge < -0.3 is 20.9 Å². The van der Waals surface area contributed by atoms with Crippen LogP contribution in [0, 0.1) is 0 Å². The van der Waals surface area contributed by atoms with Crippen molar-refractivity contribution in [2.24, 2.45) is 5.73 Å². The van der Waals surface area contributed by atoms with Crippen LogP contribution in [-0.4, -0.2) is 74.2 Å². The van der Waals surface area contributed by atoms with Crippen LogP contribution in [0.1, 0.15) is 18.4 Å². The van der Waals surface area contributed by atoms with E-state index in [1.54, 1.807) is 6.07 Å². The van der Waals surface area contributed by atoms with Crippen LogP contribution in [0.3, 0.4) is 0 Å². The Morgan fingerprint density at radius 2 is 1.93 bits per heavy atom. The number of hydrogen-bond donors (Lipinski definition) is 2. The zero-order chi connectivity index (χ0) is 20.1. The van der Waals surface area contributed by atoms with Crippen molar-refractivity contribution in [3.63, 3.8) is 0 Å². The van der Waals surface area contributed by atoms with Gasteiger partial charge in [-0.1, -0.05) is 6.07 Å².